The summed E-state index contributed by atoms with van der Waals surface area (Å²) in [5.74, 6) is -0.479. The van der Waals surface area contributed by atoms with Crippen molar-refractivity contribution in [1.29, 1.82) is 5.26 Å². The van der Waals surface area contributed by atoms with Crippen LogP contribution in [0.1, 0.15) is 15.9 Å². The molecule has 72 valence electrons. The number of alkyl halides is 1. The van der Waals surface area contributed by atoms with Crippen LogP contribution in [-0.2, 0) is 6.67 Å². The summed E-state index contributed by atoms with van der Waals surface area (Å²) < 4.78 is 12.4. The normalized spacial score (nSPS) is 9.14. The molecule has 4 nitrogen and oxygen atoms in total. The second-order valence-electron chi connectivity index (χ2n) is 2.51. The van der Waals surface area contributed by atoms with Gasteiger partial charge in [-0.15, -0.1) is 0 Å². The summed E-state index contributed by atoms with van der Waals surface area (Å²) in [6, 6.07) is 3.19. The molecular weight excluding hydrogens is 185 g/mol. The van der Waals surface area contributed by atoms with Crippen LogP contribution in [0, 0.1) is 11.3 Å². The first kappa shape index (κ1) is 10.1. The average molecular weight is 193 g/mol. The van der Waals surface area contributed by atoms with Gasteiger partial charge in [0, 0.05) is 12.4 Å². The summed E-state index contributed by atoms with van der Waals surface area (Å²) in [6.45, 7) is -0.822. The molecule has 0 aromatic carbocycles. The Morgan fingerprint density at radius 2 is 2.50 bits per heavy atom. The van der Waals surface area contributed by atoms with Crippen LogP contribution in [0.25, 0.3) is 0 Å². The molecule has 1 amide bonds. The van der Waals surface area contributed by atoms with E-state index in [9.17, 15) is 9.18 Å². The number of nitrogens with zero attached hydrogens (tertiary/aromatic N) is 2. The summed E-state index contributed by atoms with van der Waals surface area (Å²) in [6.07, 6.45) is 2.69. The van der Waals surface area contributed by atoms with Crippen molar-refractivity contribution < 1.29 is 9.18 Å². The number of nitrogens with one attached hydrogen (secondary N) is 1. The van der Waals surface area contributed by atoms with E-state index in [1.807, 2.05) is 0 Å². The molecule has 14 heavy (non-hydrogen) atoms. The van der Waals surface area contributed by atoms with Crippen molar-refractivity contribution in [2.45, 2.75) is 6.67 Å². The van der Waals surface area contributed by atoms with Gasteiger partial charge in [0.1, 0.15) is 13.2 Å². The molecule has 0 saturated carbocycles. The standard InChI is InChI=1S/C9H8FN3O/c10-5-7-1-3-12-6-8(7)9(14)13-4-2-11/h1,3,6H,4-5H2,(H,13,14). The number of carbonyl (C=O) groups is 1. The average Bonchev–Trinajstić information content (AvgIpc) is 2.25. The maximum Gasteiger partial charge on any atom is 0.254 e. The van der Waals surface area contributed by atoms with E-state index in [1.54, 1.807) is 6.07 Å². The first-order chi connectivity index (χ1) is 6.79. The summed E-state index contributed by atoms with van der Waals surface area (Å²) in [4.78, 5) is 15.0. The Labute approximate surface area is 80.4 Å². The van der Waals surface area contributed by atoms with E-state index in [2.05, 4.69) is 10.3 Å². The molecule has 0 radical (unpaired) electrons. The van der Waals surface area contributed by atoms with Gasteiger partial charge in [-0.2, -0.15) is 5.26 Å². The van der Waals surface area contributed by atoms with E-state index >= 15 is 0 Å². The summed E-state index contributed by atoms with van der Waals surface area (Å²) >= 11 is 0. The summed E-state index contributed by atoms with van der Waals surface area (Å²) in [5, 5.41) is 10.6. The fourth-order valence-electron chi connectivity index (χ4n) is 0.959. The molecule has 1 aromatic rings. The Kier molecular flexibility index (Phi) is 3.56. The number of hydrogen-bond donors (Lipinski definition) is 1. The third kappa shape index (κ3) is 2.26. The fourth-order valence-corrected chi connectivity index (χ4v) is 0.959. The number of nitriles is 1. The topological polar surface area (TPSA) is 65.8 Å². The molecule has 1 aromatic heterocycles. The molecule has 1 N–H and O–H groups in total. The van der Waals surface area contributed by atoms with Crippen LogP contribution < -0.4 is 5.32 Å². The predicted molar refractivity (Wildman–Crippen MR) is 47.0 cm³/mol. The van der Waals surface area contributed by atoms with Gasteiger partial charge in [-0.1, -0.05) is 0 Å². The van der Waals surface area contributed by atoms with Gasteiger partial charge in [0.15, 0.2) is 0 Å². The molecule has 0 aliphatic carbocycles. The highest BCUT2D eigenvalue weighted by Gasteiger charge is 2.09. The zero-order valence-electron chi connectivity index (χ0n) is 7.33. The fraction of sp³-hybridized carbons (Fsp3) is 0.222. The Balaban J connectivity index is 2.84. The second kappa shape index (κ2) is 4.92. The molecule has 1 rings (SSSR count). The van der Waals surface area contributed by atoms with Crippen LogP contribution >= 0.6 is 0 Å². The van der Waals surface area contributed by atoms with Crippen LogP contribution in [0.2, 0.25) is 0 Å². The predicted octanol–water partition coefficient (Wildman–Crippen LogP) is 0.804. The lowest BCUT2D eigenvalue weighted by Crippen LogP contribution is -2.24. The van der Waals surface area contributed by atoms with Crippen molar-refractivity contribution >= 4 is 5.91 Å². The number of hydrogen-bond acceptors (Lipinski definition) is 3. The molecule has 0 bridgehead atoms. The minimum Gasteiger partial charge on any atom is -0.339 e. The first-order valence-corrected chi connectivity index (χ1v) is 3.93. The van der Waals surface area contributed by atoms with Crippen LogP contribution in [0.15, 0.2) is 18.5 Å². The number of halogens is 1. The van der Waals surface area contributed by atoms with Crippen LogP contribution in [0.3, 0.4) is 0 Å². The lowest BCUT2D eigenvalue weighted by atomic mass is 10.1. The Morgan fingerprint density at radius 1 is 1.71 bits per heavy atom. The van der Waals surface area contributed by atoms with Gasteiger partial charge in [-0.05, 0) is 11.6 Å². The minimum absolute atomic E-state index is 0.0978. The Bertz CT molecular complexity index is 373. The highest BCUT2D eigenvalue weighted by Crippen LogP contribution is 2.07. The third-order valence-electron chi connectivity index (χ3n) is 1.63. The Hall–Kier alpha value is -1.96. The minimum atomic E-state index is -0.724. The van der Waals surface area contributed by atoms with Crippen molar-refractivity contribution in [3.05, 3.63) is 29.6 Å². The highest BCUT2D eigenvalue weighted by atomic mass is 19.1. The molecule has 0 fully saturated rings. The van der Waals surface area contributed by atoms with Gasteiger partial charge in [-0.3, -0.25) is 9.78 Å². The van der Waals surface area contributed by atoms with Crippen molar-refractivity contribution in [3.8, 4) is 6.07 Å². The molecule has 0 saturated heterocycles. The van der Waals surface area contributed by atoms with Crippen molar-refractivity contribution in [1.82, 2.24) is 10.3 Å². The maximum atomic E-state index is 12.4. The number of rotatable bonds is 3. The van der Waals surface area contributed by atoms with E-state index in [1.165, 1.54) is 18.5 Å². The van der Waals surface area contributed by atoms with Crippen LogP contribution in [0.5, 0.6) is 0 Å². The molecule has 0 unspecified atom stereocenters. The van der Waals surface area contributed by atoms with Crippen molar-refractivity contribution in [3.63, 3.8) is 0 Å². The van der Waals surface area contributed by atoms with Gasteiger partial charge in [0.05, 0.1) is 11.6 Å². The summed E-state index contributed by atoms with van der Waals surface area (Å²) in [5.41, 5.74) is 0.445. The van der Waals surface area contributed by atoms with E-state index in [-0.39, 0.29) is 17.7 Å². The van der Waals surface area contributed by atoms with E-state index in [0.717, 1.165) is 0 Å². The van der Waals surface area contributed by atoms with Gasteiger partial charge in [0.25, 0.3) is 5.91 Å². The van der Waals surface area contributed by atoms with Gasteiger partial charge in [0.2, 0.25) is 0 Å². The Morgan fingerprint density at radius 3 is 3.14 bits per heavy atom. The molecular formula is C9H8FN3O. The zero-order chi connectivity index (χ0) is 10.4. The second-order valence-corrected chi connectivity index (χ2v) is 2.51. The van der Waals surface area contributed by atoms with Crippen molar-refractivity contribution in [2.75, 3.05) is 6.54 Å². The SMILES string of the molecule is N#CCNC(=O)c1cnccc1CF. The zero-order valence-corrected chi connectivity index (χ0v) is 7.33. The molecule has 0 spiro atoms. The number of carbonyl (C=O) groups excluding carboxylic acids is 1. The third-order valence-corrected chi connectivity index (χ3v) is 1.63. The smallest absolute Gasteiger partial charge is 0.254 e. The van der Waals surface area contributed by atoms with E-state index in [0.29, 0.717) is 0 Å². The molecule has 1 heterocycles. The quantitative estimate of drug-likeness (QED) is 0.722. The monoisotopic (exact) mass is 193 g/mol. The highest BCUT2D eigenvalue weighted by molar-refractivity contribution is 5.95. The number of amides is 1. The molecule has 5 heteroatoms. The first-order valence-electron chi connectivity index (χ1n) is 3.93. The number of pyridine rings is 1. The number of aromatic nitrogens is 1. The maximum absolute atomic E-state index is 12.4. The van der Waals surface area contributed by atoms with Crippen LogP contribution in [0.4, 0.5) is 4.39 Å². The van der Waals surface area contributed by atoms with Gasteiger partial charge in [-0.25, -0.2) is 4.39 Å². The van der Waals surface area contributed by atoms with Crippen LogP contribution in [-0.4, -0.2) is 17.4 Å². The summed E-state index contributed by atoms with van der Waals surface area (Å²) in [7, 11) is 0. The van der Waals surface area contributed by atoms with Gasteiger partial charge < -0.3 is 5.32 Å². The lowest BCUT2D eigenvalue weighted by Gasteiger charge is -2.03. The lowest BCUT2D eigenvalue weighted by molar-refractivity contribution is 0.0956. The largest absolute Gasteiger partial charge is 0.339 e. The molecule has 0 atom stereocenters. The van der Waals surface area contributed by atoms with E-state index in [4.69, 9.17) is 5.26 Å². The molecule has 0 aliphatic rings. The van der Waals surface area contributed by atoms with Crippen molar-refractivity contribution in [2.24, 2.45) is 0 Å². The van der Waals surface area contributed by atoms with Gasteiger partial charge >= 0.3 is 0 Å². The molecule has 0 aliphatic heterocycles. The van der Waals surface area contributed by atoms with E-state index < -0.39 is 12.6 Å².